The van der Waals surface area contributed by atoms with Crippen molar-refractivity contribution in [1.29, 1.82) is 0 Å². The molecule has 0 radical (unpaired) electrons. The van der Waals surface area contributed by atoms with E-state index in [-0.39, 0.29) is 12.3 Å². The van der Waals surface area contributed by atoms with Gasteiger partial charge in [-0.1, -0.05) is 42.5 Å². The molecule has 0 unspecified atom stereocenters. The summed E-state index contributed by atoms with van der Waals surface area (Å²) in [7, 11) is 0. The van der Waals surface area contributed by atoms with Crippen LogP contribution in [0.5, 0.6) is 11.5 Å². The second-order valence-corrected chi connectivity index (χ2v) is 7.49. The molecule has 1 N–H and O–H groups in total. The van der Waals surface area contributed by atoms with Gasteiger partial charge in [-0.25, -0.2) is 4.79 Å². The number of nitrogens with zero attached hydrogens (tertiary/aromatic N) is 1. The summed E-state index contributed by atoms with van der Waals surface area (Å²) in [5, 5.41) is 14.1. The number of benzene rings is 4. The Hall–Kier alpha value is -4.65. The average molecular weight is 454 g/mol. The van der Waals surface area contributed by atoms with Gasteiger partial charge < -0.3 is 14.8 Å². The second-order valence-electron chi connectivity index (χ2n) is 7.49. The van der Waals surface area contributed by atoms with Crippen LogP contribution in [0, 0.1) is 10.1 Å². The summed E-state index contributed by atoms with van der Waals surface area (Å²) < 4.78 is 11.2. The quantitative estimate of drug-likeness (QED) is 0.180. The highest BCUT2D eigenvalue weighted by Crippen LogP contribution is 2.25. The Morgan fingerprint density at radius 2 is 1.53 bits per heavy atom. The van der Waals surface area contributed by atoms with Crippen molar-refractivity contribution in [3.63, 3.8) is 0 Å². The summed E-state index contributed by atoms with van der Waals surface area (Å²) in [5.74, 6) is 0.600. The van der Waals surface area contributed by atoms with Crippen molar-refractivity contribution in [2.75, 3.05) is 5.32 Å². The zero-order valence-electron chi connectivity index (χ0n) is 18.2. The first-order valence-electron chi connectivity index (χ1n) is 10.6. The number of carbonyl (C=O) groups is 1. The number of hydrogen-bond acceptors (Lipinski definition) is 6. The zero-order valence-corrected chi connectivity index (χ0v) is 18.2. The number of nitro benzene ring substituents is 1. The fraction of sp³-hybridized carbons (Fsp3) is 0.0741. The minimum absolute atomic E-state index is 0.00602. The smallest absolute Gasteiger partial charge is 0.338 e. The summed E-state index contributed by atoms with van der Waals surface area (Å²) in [5.41, 5.74) is 3.31. The third kappa shape index (κ3) is 6.20. The van der Waals surface area contributed by atoms with Crippen LogP contribution in [-0.2, 0) is 17.9 Å². The molecule has 0 fully saturated rings. The molecule has 4 aromatic carbocycles. The Morgan fingerprint density at radius 1 is 0.794 bits per heavy atom. The number of non-ortho nitro benzene ring substituents is 1. The van der Waals surface area contributed by atoms with Crippen LogP contribution in [0.15, 0.2) is 103 Å². The Kier molecular flexibility index (Phi) is 7.15. The van der Waals surface area contributed by atoms with E-state index < -0.39 is 10.9 Å². The molecule has 0 aliphatic heterocycles. The second kappa shape index (κ2) is 10.8. The number of nitrogens with one attached hydrogen (secondary N) is 1. The zero-order chi connectivity index (χ0) is 23.8. The van der Waals surface area contributed by atoms with E-state index >= 15 is 0 Å². The van der Waals surface area contributed by atoms with Crippen LogP contribution in [0.4, 0.5) is 11.4 Å². The lowest BCUT2D eigenvalue weighted by Crippen LogP contribution is -2.06. The first-order chi connectivity index (χ1) is 16.6. The largest absolute Gasteiger partial charge is 0.457 e. The summed E-state index contributed by atoms with van der Waals surface area (Å²) in [6, 6.07) is 30.1. The fourth-order valence-electron chi connectivity index (χ4n) is 3.22. The topological polar surface area (TPSA) is 90.7 Å². The molecule has 170 valence electrons. The SMILES string of the molecule is O=C(OCc1cccc(Oc2ccc([N+](=O)[O-])cc2)c1)c1ccc(CNc2ccccc2)cc1. The molecule has 0 spiro atoms. The van der Waals surface area contributed by atoms with E-state index in [1.807, 2.05) is 48.5 Å². The van der Waals surface area contributed by atoms with E-state index in [1.165, 1.54) is 24.3 Å². The van der Waals surface area contributed by atoms with Gasteiger partial charge in [0.2, 0.25) is 0 Å². The molecule has 0 aliphatic rings. The Bertz CT molecular complexity index is 1260. The van der Waals surface area contributed by atoms with Crippen molar-refractivity contribution in [2.24, 2.45) is 0 Å². The van der Waals surface area contributed by atoms with Crippen molar-refractivity contribution in [3.05, 3.63) is 130 Å². The number of para-hydroxylation sites is 1. The van der Waals surface area contributed by atoms with Gasteiger partial charge in [0, 0.05) is 24.4 Å². The lowest BCUT2D eigenvalue weighted by molar-refractivity contribution is -0.384. The van der Waals surface area contributed by atoms with Gasteiger partial charge in [-0.05, 0) is 59.7 Å². The highest BCUT2D eigenvalue weighted by molar-refractivity contribution is 5.89. The highest BCUT2D eigenvalue weighted by Gasteiger charge is 2.09. The van der Waals surface area contributed by atoms with Gasteiger partial charge in [-0.15, -0.1) is 0 Å². The standard InChI is InChI=1S/C27H22N2O5/c30-27(22-11-9-20(10-12-22)18-28-23-6-2-1-3-7-23)33-19-21-5-4-8-26(17-21)34-25-15-13-24(14-16-25)29(31)32/h1-17,28H,18-19H2. The molecule has 7 heteroatoms. The van der Waals surface area contributed by atoms with Crippen LogP contribution in [-0.4, -0.2) is 10.9 Å². The minimum Gasteiger partial charge on any atom is -0.457 e. The van der Waals surface area contributed by atoms with E-state index in [0.717, 1.165) is 16.8 Å². The number of anilines is 1. The molecular weight excluding hydrogens is 432 g/mol. The molecule has 4 aromatic rings. The molecule has 0 aromatic heterocycles. The van der Waals surface area contributed by atoms with E-state index in [2.05, 4.69) is 5.32 Å². The molecule has 34 heavy (non-hydrogen) atoms. The maximum absolute atomic E-state index is 12.4. The number of hydrogen-bond donors (Lipinski definition) is 1. The predicted molar refractivity (Wildman–Crippen MR) is 129 cm³/mol. The summed E-state index contributed by atoms with van der Waals surface area (Å²) >= 11 is 0. The summed E-state index contributed by atoms with van der Waals surface area (Å²) in [6.45, 7) is 0.745. The van der Waals surface area contributed by atoms with Crippen LogP contribution in [0.3, 0.4) is 0 Å². The molecule has 0 atom stereocenters. The van der Waals surface area contributed by atoms with Crippen LogP contribution in [0.25, 0.3) is 0 Å². The molecular formula is C27H22N2O5. The van der Waals surface area contributed by atoms with Gasteiger partial charge in [-0.2, -0.15) is 0 Å². The van der Waals surface area contributed by atoms with E-state index in [1.54, 1.807) is 30.3 Å². The first kappa shape index (κ1) is 22.5. The number of nitro groups is 1. The third-order valence-electron chi connectivity index (χ3n) is 5.01. The van der Waals surface area contributed by atoms with Crippen LogP contribution in [0.2, 0.25) is 0 Å². The van der Waals surface area contributed by atoms with Gasteiger partial charge in [0.05, 0.1) is 10.5 Å². The maximum Gasteiger partial charge on any atom is 0.338 e. The Morgan fingerprint density at radius 3 is 2.24 bits per heavy atom. The van der Waals surface area contributed by atoms with Crippen molar-refractivity contribution in [1.82, 2.24) is 0 Å². The molecule has 0 amide bonds. The van der Waals surface area contributed by atoms with Gasteiger partial charge in [-0.3, -0.25) is 10.1 Å². The van der Waals surface area contributed by atoms with E-state index in [9.17, 15) is 14.9 Å². The average Bonchev–Trinajstić information content (AvgIpc) is 2.87. The Labute approximate surface area is 196 Å². The van der Waals surface area contributed by atoms with Gasteiger partial charge in [0.1, 0.15) is 18.1 Å². The van der Waals surface area contributed by atoms with E-state index in [4.69, 9.17) is 9.47 Å². The summed E-state index contributed by atoms with van der Waals surface area (Å²) in [4.78, 5) is 22.7. The number of esters is 1. The van der Waals surface area contributed by atoms with Crippen molar-refractivity contribution >= 4 is 17.3 Å². The molecule has 0 bridgehead atoms. The third-order valence-corrected chi connectivity index (χ3v) is 5.01. The minimum atomic E-state index is -0.464. The molecule has 7 nitrogen and oxygen atoms in total. The van der Waals surface area contributed by atoms with Crippen molar-refractivity contribution < 1.29 is 19.2 Å². The predicted octanol–water partition coefficient (Wildman–Crippen LogP) is 6.36. The Balaban J connectivity index is 1.30. The van der Waals surface area contributed by atoms with Gasteiger partial charge in [0.15, 0.2) is 0 Å². The van der Waals surface area contributed by atoms with Crippen LogP contribution < -0.4 is 10.1 Å². The van der Waals surface area contributed by atoms with Crippen molar-refractivity contribution in [3.8, 4) is 11.5 Å². The molecule has 0 saturated heterocycles. The number of ether oxygens (including phenoxy) is 2. The summed E-state index contributed by atoms with van der Waals surface area (Å²) in [6.07, 6.45) is 0. The molecule has 0 saturated carbocycles. The maximum atomic E-state index is 12.4. The number of rotatable bonds is 9. The normalized spacial score (nSPS) is 10.4. The molecule has 0 heterocycles. The van der Waals surface area contributed by atoms with E-state index in [0.29, 0.717) is 23.6 Å². The monoisotopic (exact) mass is 454 g/mol. The highest BCUT2D eigenvalue weighted by atomic mass is 16.6. The van der Waals surface area contributed by atoms with Gasteiger partial charge >= 0.3 is 5.97 Å². The number of carbonyl (C=O) groups excluding carboxylic acids is 1. The van der Waals surface area contributed by atoms with Crippen LogP contribution >= 0.6 is 0 Å². The molecule has 4 rings (SSSR count). The van der Waals surface area contributed by atoms with Gasteiger partial charge in [0.25, 0.3) is 5.69 Å². The first-order valence-corrected chi connectivity index (χ1v) is 10.6. The van der Waals surface area contributed by atoms with Crippen molar-refractivity contribution in [2.45, 2.75) is 13.2 Å². The lowest BCUT2D eigenvalue weighted by atomic mass is 10.1. The fourth-order valence-corrected chi connectivity index (χ4v) is 3.22. The lowest BCUT2D eigenvalue weighted by Gasteiger charge is -2.09. The molecule has 0 aliphatic carbocycles. The van der Waals surface area contributed by atoms with Crippen LogP contribution in [0.1, 0.15) is 21.5 Å².